The first-order chi connectivity index (χ1) is 14.1. The molecule has 3 heterocycles. The van der Waals surface area contributed by atoms with Crippen LogP contribution in [0.4, 0.5) is 0 Å². The van der Waals surface area contributed by atoms with Crippen molar-refractivity contribution in [2.45, 2.75) is 52.1 Å². The van der Waals surface area contributed by atoms with Crippen molar-refractivity contribution in [3.05, 3.63) is 41.5 Å². The number of imidazole rings is 1. The number of hydrogen-bond acceptors (Lipinski definition) is 5. The molecule has 0 spiro atoms. The topological polar surface area (TPSA) is 89.7 Å². The third-order valence-electron chi connectivity index (χ3n) is 5.62. The van der Waals surface area contributed by atoms with Gasteiger partial charge < -0.3 is 15.2 Å². The van der Waals surface area contributed by atoms with E-state index in [1.54, 1.807) is 0 Å². The molecule has 8 heteroatoms. The predicted octanol–water partition coefficient (Wildman–Crippen LogP) is 2.41. The number of fused-ring (bicyclic) bond motifs is 1. The number of piperidine rings is 1. The maximum Gasteiger partial charge on any atom is 0.273 e. The lowest BCUT2D eigenvalue weighted by molar-refractivity contribution is 0.0948. The molecule has 8 nitrogen and oxygen atoms in total. The molecule has 0 atom stereocenters. The normalized spacial score (nSPS) is 15.3. The molecule has 0 bridgehead atoms. The maximum absolute atomic E-state index is 12.7. The average molecular weight is 396 g/mol. The zero-order chi connectivity index (χ0) is 20.4. The van der Waals surface area contributed by atoms with E-state index in [4.69, 9.17) is 4.98 Å². The Kier molecular flexibility index (Phi) is 5.62. The molecule has 2 aromatic heterocycles. The van der Waals surface area contributed by atoms with Crippen LogP contribution in [-0.2, 0) is 6.42 Å². The summed E-state index contributed by atoms with van der Waals surface area (Å²) in [6, 6.07) is 8.77. The molecule has 1 aliphatic rings. The van der Waals surface area contributed by atoms with Crippen LogP contribution in [-0.4, -0.2) is 50.1 Å². The third kappa shape index (κ3) is 3.89. The van der Waals surface area contributed by atoms with Gasteiger partial charge >= 0.3 is 0 Å². The summed E-state index contributed by atoms with van der Waals surface area (Å²) >= 11 is 0. The second-order valence-corrected chi connectivity index (χ2v) is 7.94. The fraction of sp³-hybridized carbons (Fsp3) is 0.524. The largest absolute Gasteiger partial charge is 0.350 e. The van der Waals surface area contributed by atoms with Gasteiger partial charge in [-0.1, -0.05) is 17.3 Å². The minimum absolute atomic E-state index is 0.171. The van der Waals surface area contributed by atoms with E-state index in [1.807, 2.05) is 29.8 Å². The smallest absolute Gasteiger partial charge is 0.273 e. The maximum atomic E-state index is 12.7. The third-order valence-corrected chi connectivity index (χ3v) is 5.62. The standard InChI is InChI=1S/C21H29N7O/c1-14(2)27-18-7-5-4-6-17(18)24-19(27)10-13-23-21(29)20-15(3)28(26-25-20)16-8-11-22-12-9-16/h4-7,14,16,22H,8-13H2,1-3H3,(H,23,29). The number of para-hydroxylation sites is 2. The van der Waals surface area contributed by atoms with Crippen LogP contribution in [0.2, 0.25) is 0 Å². The summed E-state index contributed by atoms with van der Waals surface area (Å²) in [5.74, 6) is 0.812. The number of carbonyl (C=O) groups excluding carboxylic acids is 1. The van der Waals surface area contributed by atoms with Crippen LogP contribution >= 0.6 is 0 Å². The van der Waals surface area contributed by atoms with Crippen LogP contribution in [0, 0.1) is 6.92 Å². The van der Waals surface area contributed by atoms with E-state index in [-0.39, 0.29) is 5.91 Å². The summed E-state index contributed by atoms with van der Waals surface area (Å²) < 4.78 is 4.15. The van der Waals surface area contributed by atoms with Crippen molar-refractivity contribution in [1.82, 2.24) is 35.2 Å². The Morgan fingerprint density at radius 3 is 2.79 bits per heavy atom. The number of carbonyl (C=O) groups is 1. The fourth-order valence-corrected chi connectivity index (χ4v) is 4.17. The molecule has 1 aromatic carbocycles. The summed E-state index contributed by atoms with van der Waals surface area (Å²) in [6.07, 6.45) is 2.69. The summed E-state index contributed by atoms with van der Waals surface area (Å²) in [6.45, 7) is 8.69. The van der Waals surface area contributed by atoms with Crippen molar-refractivity contribution >= 4 is 16.9 Å². The van der Waals surface area contributed by atoms with Crippen molar-refractivity contribution < 1.29 is 4.79 Å². The molecule has 154 valence electrons. The molecule has 0 saturated carbocycles. The van der Waals surface area contributed by atoms with E-state index in [0.29, 0.717) is 30.7 Å². The Morgan fingerprint density at radius 1 is 1.28 bits per heavy atom. The lowest BCUT2D eigenvalue weighted by atomic mass is 10.1. The van der Waals surface area contributed by atoms with Crippen LogP contribution in [0.5, 0.6) is 0 Å². The molecule has 3 aromatic rings. The second kappa shape index (κ2) is 8.32. The van der Waals surface area contributed by atoms with E-state index in [0.717, 1.165) is 48.5 Å². The number of hydrogen-bond donors (Lipinski definition) is 2. The highest BCUT2D eigenvalue weighted by Crippen LogP contribution is 2.22. The molecule has 1 aliphatic heterocycles. The zero-order valence-corrected chi connectivity index (χ0v) is 17.4. The van der Waals surface area contributed by atoms with Gasteiger partial charge in [0.2, 0.25) is 0 Å². The van der Waals surface area contributed by atoms with Crippen LogP contribution < -0.4 is 10.6 Å². The first-order valence-electron chi connectivity index (χ1n) is 10.4. The van der Waals surface area contributed by atoms with Crippen molar-refractivity contribution in [1.29, 1.82) is 0 Å². The van der Waals surface area contributed by atoms with Gasteiger partial charge in [-0.3, -0.25) is 4.79 Å². The van der Waals surface area contributed by atoms with Gasteiger partial charge in [-0.05, 0) is 58.8 Å². The Morgan fingerprint density at radius 2 is 2.03 bits per heavy atom. The molecule has 4 rings (SSSR count). The number of benzene rings is 1. The Balaban J connectivity index is 1.43. The summed E-state index contributed by atoms with van der Waals surface area (Å²) in [5.41, 5.74) is 3.37. The number of nitrogens with one attached hydrogen (secondary N) is 2. The molecule has 1 saturated heterocycles. The molecule has 0 unspecified atom stereocenters. The zero-order valence-electron chi connectivity index (χ0n) is 17.4. The Labute approximate surface area is 170 Å². The van der Waals surface area contributed by atoms with E-state index in [1.165, 1.54) is 0 Å². The van der Waals surface area contributed by atoms with Crippen LogP contribution in [0.25, 0.3) is 11.0 Å². The molecule has 0 aliphatic carbocycles. The minimum Gasteiger partial charge on any atom is -0.350 e. The van der Waals surface area contributed by atoms with Crippen molar-refractivity contribution in [2.75, 3.05) is 19.6 Å². The highest BCUT2D eigenvalue weighted by Gasteiger charge is 2.23. The van der Waals surface area contributed by atoms with Crippen molar-refractivity contribution in [3.63, 3.8) is 0 Å². The minimum atomic E-state index is -0.171. The SMILES string of the molecule is Cc1c(C(=O)NCCc2nc3ccccc3n2C(C)C)nnn1C1CCNCC1. The van der Waals surface area contributed by atoms with E-state index < -0.39 is 0 Å². The number of rotatable bonds is 6. The molecule has 1 fully saturated rings. The highest BCUT2D eigenvalue weighted by atomic mass is 16.2. The summed E-state index contributed by atoms with van der Waals surface area (Å²) in [7, 11) is 0. The monoisotopic (exact) mass is 395 g/mol. The summed E-state index contributed by atoms with van der Waals surface area (Å²) in [4.78, 5) is 17.4. The van der Waals surface area contributed by atoms with Gasteiger partial charge in [0.05, 0.1) is 22.8 Å². The van der Waals surface area contributed by atoms with Crippen LogP contribution in [0.1, 0.15) is 60.8 Å². The second-order valence-electron chi connectivity index (χ2n) is 7.94. The number of nitrogens with zero attached hydrogens (tertiary/aromatic N) is 5. The lowest BCUT2D eigenvalue weighted by Crippen LogP contribution is -2.30. The van der Waals surface area contributed by atoms with Crippen molar-refractivity contribution in [3.8, 4) is 0 Å². The molecule has 2 N–H and O–H groups in total. The Bertz CT molecular complexity index is 998. The summed E-state index contributed by atoms with van der Waals surface area (Å²) in [5, 5.41) is 14.8. The lowest BCUT2D eigenvalue weighted by Gasteiger charge is -2.23. The predicted molar refractivity (Wildman–Crippen MR) is 112 cm³/mol. The van der Waals surface area contributed by atoms with Gasteiger partial charge in [-0.15, -0.1) is 5.10 Å². The van der Waals surface area contributed by atoms with Crippen LogP contribution in [0.3, 0.4) is 0 Å². The molecular weight excluding hydrogens is 366 g/mol. The van der Waals surface area contributed by atoms with Gasteiger partial charge in [-0.25, -0.2) is 9.67 Å². The molecule has 1 amide bonds. The molecule has 0 radical (unpaired) electrons. The van der Waals surface area contributed by atoms with E-state index in [9.17, 15) is 4.79 Å². The van der Waals surface area contributed by atoms with Gasteiger partial charge in [-0.2, -0.15) is 0 Å². The van der Waals surface area contributed by atoms with Gasteiger partial charge in [0, 0.05) is 19.0 Å². The number of aromatic nitrogens is 5. The fourth-order valence-electron chi connectivity index (χ4n) is 4.17. The average Bonchev–Trinajstić information content (AvgIpc) is 3.29. The first-order valence-corrected chi connectivity index (χ1v) is 10.4. The van der Waals surface area contributed by atoms with E-state index >= 15 is 0 Å². The number of amides is 1. The highest BCUT2D eigenvalue weighted by molar-refractivity contribution is 5.93. The molecule has 29 heavy (non-hydrogen) atoms. The van der Waals surface area contributed by atoms with E-state index in [2.05, 4.69) is 45.4 Å². The van der Waals surface area contributed by atoms with Crippen LogP contribution in [0.15, 0.2) is 24.3 Å². The Hall–Kier alpha value is -2.74. The van der Waals surface area contributed by atoms with Crippen molar-refractivity contribution in [2.24, 2.45) is 0 Å². The quantitative estimate of drug-likeness (QED) is 0.669. The van der Waals surface area contributed by atoms with Gasteiger partial charge in [0.15, 0.2) is 5.69 Å². The first kappa shape index (κ1) is 19.6. The van der Waals surface area contributed by atoms with Gasteiger partial charge in [0.1, 0.15) is 5.82 Å². The van der Waals surface area contributed by atoms with Gasteiger partial charge in [0.25, 0.3) is 5.91 Å². The molecular formula is C21H29N7O.